The molecular weight excluding hydrogens is 330 g/mol. The van der Waals surface area contributed by atoms with Gasteiger partial charge in [-0.25, -0.2) is 4.39 Å². The molecule has 21 heavy (non-hydrogen) atoms. The summed E-state index contributed by atoms with van der Waals surface area (Å²) in [5.74, 6) is -0.581. The van der Waals surface area contributed by atoms with Crippen LogP contribution >= 0.6 is 22.9 Å². The highest BCUT2D eigenvalue weighted by atomic mass is 35.5. The number of anilines is 1. The molecule has 1 aromatic heterocycles. The fourth-order valence-corrected chi connectivity index (χ4v) is 3.07. The van der Waals surface area contributed by atoms with E-state index in [0.717, 1.165) is 0 Å². The van der Waals surface area contributed by atoms with E-state index in [1.165, 1.54) is 12.1 Å². The lowest BCUT2D eigenvalue weighted by molar-refractivity contribution is -0.138. The minimum atomic E-state index is -4.50. The van der Waals surface area contributed by atoms with Crippen molar-refractivity contribution in [3.63, 3.8) is 0 Å². The Morgan fingerprint density at radius 3 is 2.67 bits per heavy atom. The first-order chi connectivity index (χ1) is 9.86. The van der Waals surface area contributed by atoms with E-state index in [1.54, 1.807) is 6.07 Å². The van der Waals surface area contributed by atoms with Crippen molar-refractivity contribution in [2.24, 2.45) is 0 Å². The first-order valence-electron chi connectivity index (χ1n) is 5.97. The van der Waals surface area contributed by atoms with Gasteiger partial charge in [-0.3, -0.25) is 0 Å². The zero-order chi connectivity index (χ0) is 15.2. The smallest absolute Gasteiger partial charge is 0.357 e. The molecule has 1 aromatic carbocycles. The van der Waals surface area contributed by atoms with E-state index in [1.807, 2.05) is 0 Å². The molecule has 2 aromatic rings. The Labute approximate surface area is 126 Å². The molecule has 2 unspecified atom stereocenters. The lowest BCUT2D eigenvalue weighted by Gasteiger charge is -2.05. The van der Waals surface area contributed by atoms with Crippen LogP contribution < -0.4 is 5.32 Å². The highest BCUT2D eigenvalue weighted by Crippen LogP contribution is 2.47. The van der Waals surface area contributed by atoms with Crippen molar-refractivity contribution in [1.29, 1.82) is 0 Å². The molecule has 1 saturated carbocycles. The van der Waals surface area contributed by atoms with E-state index >= 15 is 0 Å². The van der Waals surface area contributed by atoms with Crippen LogP contribution in [0.2, 0.25) is 5.02 Å². The summed E-state index contributed by atoms with van der Waals surface area (Å²) >= 11 is 6.38. The van der Waals surface area contributed by atoms with Crippen LogP contribution in [0.5, 0.6) is 0 Å². The molecule has 0 amide bonds. The van der Waals surface area contributed by atoms with Crippen LogP contribution in [0, 0.1) is 5.82 Å². The number of halogens is 5. The quantitative estimate of drug-likeness (QED) is 0.848. The van der Waals surface area contributed by atoms with Gasteiger partial charge in [0.15, 0.2) is 0 Å². The fourth-order valence-electron chi connectivity index (χ4n) is 2.09. The standard InChI is InChI=1S/C12H8ClF4N3S/c13-6-2-1-3-7(14)9(6)5-4-8(5)18-11-20-19-10(21-11)12(15,16)17/h1-3,5,8H,4H2,(H,18,20). The Kier molecular flexibility index (Phi) is 3.53. The van der Waals surface area contributed by atoms with Gasteiger partial charge < -0.3 is 5.32 Å². The second kappa shape index (κ2) is 5.10. The fraction of sp³-hybridized carbons (Fsp3) is 0.333. The highest BCUT2D eigenvalue weighted by Gasteiger charge is 2.42. The Hall–Kier alpha value is -1.41. The second-order valence-corrected chi connectivity index (χ2v) is 6.02. The van der Waals surface area contributed by atoms with Crippen molar-refractivity contribution in [3.05, 3.63) is 39.6 Å². The topological polar surface area (TPSA) is 37.8 Å². The monoisotopic (exact) mass is 337 g/mol. The summed E-state index contributed by atoms with van der Waals surface area (Å²) in [5.41, 5.74) is 0.386. The second-order valence-electron chi connectivity index (χ2n) is 4.64. The molecule has 0 saturated heterocycles. The largest absolute Gasteiger partial charge is 0.445 e. The summed E-state index contributed by atoms with van der Waals surface area (Å²) in [5, 5.41) is 8.74. The Balaban J connectivity index is 1.71. The third-order valence-corrected chi connectivity index (χ3v) is 4.37. The molecule has 1 N–H and O–H groups in total. The molecule has 0 bridgehead atoms. The number of nitrogens with zero attached hydrogens (tertiary/aromatic N) is 2. The van der Waals surface area contributed by atoms with Crippen molar-refractivity contribution in [2.45, 2.75) is 24.6 Å². The van der Waals surface area contributed by atoms with Crippen molar-refractivity contribution in [3.8, 4) is 0 Å². The first-order valence-corrected chi connectivity index (χ1v) is 7.17. The maximum Gasteiger partial charge on any atom is 0.445 e. The van der Waals surface area contributed by atoms with E-state index in [4.69, 9.17) is 11.6 Å². The summed E-state index contributed by atoms with van der Waals surface area (Å²) in [6, 6.07) is 4.21. The zero-order valence-electron chi connectivity index (χ0n) is 10.3. The van der Waals surface area contributed by atoms with Crippen LogP contribution in [-0.2, 0) is 6.18 Å². The number of alkyl halides is 3. The molecule has 3 rings (SSSR count). The molecule has 2 atom stereocenters. The SMILES string of the molecule is Fc1cccc(Cl)c1C1CC1Nc1nnc(C(F)(F)F)s1. The number of aromatic nitrogens is 2. The predicted molar refractivity (Wildman–Crippen MR) is 71.1 cm³/mol. The van der Waals surface area contributed by atoms with Crippen molar-refractivity contribution < 1.29 is 17.6 Å². The van der Waals surface area contributed by atoms with Gasteiger partial charge in [-0.15, -0.1) is 10.2 Å². The van der Waals surface area contributed by atoms with Crippen LogP contribution in [-0.4, -0.2) is 16.2 Å². The van der Waals surface area contributed by atoms with Gasteiger partial charge in [0.2, 0.25) is 10.1 Å². The Morgan fingerprint density at radius 1 is 1.29 bits per heavy atom. The summed E-state index contributed by atoms with van der Waals surface area (Å²) in [7, 11) is 0. The molecule has 9 heteroatoms. The average Bonchev–Trinajstić information content (AvgIpc) is 2.93. The van der Waals surface area contributed by atoms with Gasteiger partial charge in [0, 0.05) is 22.5 Å². The number of benzene rings is 1. The van der Waals surface area contributed by atoms with E-state index in [-0.39, 0.29) is 17.1 Å². The number of hydrogen-bond donors (Lipinski definition) is 1. The number of nitrogens with one attached hydrogen (secondary N) is 1. The van der Waals surface area contributed by atoms with E-state index in [0.29, 0.717) is 28.3 Å². The molecular formula is C12H8ClF4N3S. The van der Waals surface area contributed by atoms with Gasteiger partial charge in [-0.2, -0.15) is 13.2 Å². The summed E-state index contributed by atoms with van der Waals surface area (Å²) < 4.78 is 51.0. The summed E-state index contributed by atoms with van der Waals surface area (Å²) in [6.45, 7) is 0. The normalized spacial score (nSPS) is 21.4. The average molecular weight is 338 g/mol. The summed E-state index contributed by atoms with van der Waals surface area (Å²) in [6.07, 6.45) is -3.92. The first kappa shape index (κ1) is 14.5. The Morgan fingerprint density at radius 2 is 2.05 bits per heavy atom. The molecule has 0 radical (unpaired) electrons. The summed E-state index contributed by atoms with van der Waals surface area (Å²) in [4.78, 5) is 0. The van der Waals surface area contributed by atoms with Crippen LogP contribution in [0.1, 0.15) is 22.9 Å². The molecule has 0 spiro atoms. The van der Waals surface area contributed by atoms with Crippen molar-refractivity contribution in [1.82, 2.24) is 10.2 Å². The van der Waals surface area contributed by atoms with Gasteiger partial charge in [-0.1, -0.05) is 29.0 Å². The van der Waals surface area contributed by atoms with Crippen LogP contribution in [0.4, 0.5) is 22.7 Å². The molecule has 1 heterocycles. The zero-order valence-corrected chi connectivity index (χ0v) is 11.9. The van der Waals surface area contributed by atoms with Gasteiger partial charge >= 0.3 is 6.18 Å². The van der Waals surface area contributed by atoms with Crippen LogP contribution in [0.3, 0.4) is 0 Å². The molecule has 0 aliphatic heterocycles. The predicted octanol–water partition coefficient (Wildman–Crippen LogP) is 4.32. The third kappa shape index (κ3) is 2.96. The lowest BCUT2D eigenvalue weighted by atomic mass is 10.1. The lowest BCUT2D eigenvalue weighted by Crippen LogP contribution is -2.04. The van der Waals surface area contributed by atoms with Gasteiger partial charge in [0.1, 0.15) is 5.82 Å². The van der Waals surface area contributed by atoms with E-state index < -0.39 is 17.0 Å². The minimum absolute atomic E-state index is 0.0716. The van der Waals surface area contributed by atoms with Crippen molar-refractivity contribution in [2.75, 3.05) is 5.32 Å². The molecule has 1 aliphatic rings. The Bertz CT molecular complexity index is 653. The van der Waals surface area contributed by atoms with E-state index in [2.05, 4.69) is 15.5 Å². The van der Waals surface area contributed by atoms with E-state index in [9.17, 15) is 17.6 Å². The van der Waals surface area contributed by atoms with Crippen LogP contribution in [0.15, 0.2) is 18.2 Å². The number of rotatable bonds is 3. The molecule has 3 nitrogen and oxygen atoms in total. The molecule has 1 aliphatic carbocycles. The third-order valence-electron chi connectivity index (χ3n) is 3.14. The van der Waals surface area contributed by atoms with Crippen LogP contribution in [0.25, 0.3) is 0 Å². The highest BCUT2D eigenvalue weighted by molar-refractivity contribution is 7.15. The molecule has 112 valence electrons. The van der Waals surface area contributed by atoms with Gasteiger partial charge in [-0.05, 0) is 18.6 Å². The molecule has 1 fully saturated rings. The van der Waals surface area contributed by atoms with Gasteiger partial charge in [0.25, 0.3) is 0 Å². The minimum Gasteiger partial charge on any atom is -0.357 e. The number of hydrogen-bond acceptors (Lipinski definition) is 4. The van der Waals surface area contributed by atoms with Gasteiger partial charge in [0.05, 0.1) is 0 Å². The maximum atomic E-state index is 13.7. The van der Waals surface area contributed by atoms with Crippen molar-refractivity contribution >= 4 is 28.1 Å². The maximum absolute atomic E-state index is 13.7.